The van der Waals surface area contributed by atoms with Gasteiger partial charge in [-0.05, 0) is 90.7 Å². The molecule has 8 nitrogen and oxygen atoms in total. The zero-order valence-corrected chi connectivity index (χ0v) is 23.6. The Morgan fingerprint density at radius 3 is 2.05 bits per heavy atom. The fraction of sp³-hybridized carbons (Fsp3) is 0.242. The van der Waals surface area contributed by atoms with Crippen LogP contribution in [-0.4, -0.2) is 41.9 Å². The molecule has 4 aromatic rings. The first-order valence-electron chi connectivity index (χ1n) is 13.8. The number of piperidine rings is 1. The summed E-state index contributed by atoms with van der Waals surface area (Å²) in [5, 5.41) is 19.5. The summed E-state index contributed by atoms with van der Waals surface area (Å²) in [6.07, 6.45) is 3.35. The van der Waals surface area contributed by atoms with Crippen LogP contribution >= 0.6 is 0 Å². The molecule has 0 aliphatic carbocycles. The standard InChI is InChI=1S/C33H37N5O3/c1-23(25-4-14-30(15-5-25)38-18-16-31(39)17-19-38)34-26-6-8-27(9-7-26)35-28-10-12-29(13-11-28)36-33(40)32-20-24(22-41-3)21-37(32)2/h4-15,20-21,31,34-35,39H,1,16-19,22H2,2-3H3,(H,36,40). The molecule has 8 heteroatoms. The maximum absolute atomic E-state index is 12.7. The monoisotopic (exact) mass is 551 g/mol. The van der Waals surface area contributed by atoms with Crippen molar-refractivity contribution in [2.24, 2.45) is 7.05 Å². The molecule has 1 aliphatic heterocycles. The number of nitrogens with one attached hydrogen (secondary N) is 3. The maximum atomic E-state index is 12.7. The van der Waals surface area contributed by atoms with Crippen molar-refractivity contribution in [3.8, 4) is 0 Å². The number of carbonyl (C=O) groups excluding carboxylic acids is 1. The second-order valence-corrected chi connectivity index (χ2v) is 10.4. The third kappa shape index (κ3) is 7.16. The van der Waals surface area contributed by atoms with Crippen molar-refractivity contribution in [1.82, 2.24) is 4.57 Å². The van der Waals surface area contributed by atoms with E-state index in [0.717, 1.165) is 65.5 Å². The number of aliphatic hydroxyl groups excluding tert-OH is 1. The first-order valence-corrected chi connectivity index (χ1v) is 13.8. The second kappa shape index (κ2) is 12.8. The van der Waals surface area contributed by atoms with Crippen LogP contribution in [-0.2, 0) is 18.4 Å². The van der Waals surface area contributed by atoms with Crippen LogP contribution in [0, 0.1) is 0 Å². The lowest BCUT2D eigenvalue weighted by atomic mass is 10.1. The minimum absolute atomic E-state index is 0.168. The third-order valence-electron chi connectivity index (χ3n) is 7.26. The van der Waals surface area contributed by atoms with Crippen LogP contribution < -0.4 is 20.9 Å². The highest BCUT2D eigenvalue weighted by molar-refractivity contribution is 6.03. The van der Waals surface area contributed by atoms with E-state index < -0.39 is 0 Å². The summed E-state index contributed by atoms with van der Waals surface area (Å²) >= 11 is 0. The van der Waals surface area contributed by atoms with Gasteiger partial charge in [-0.2, -0.15) is 0 Å². The van der Waals surface area contributed by atoms with E-state index in [1.54, 1.807) is 11.7 Å². The average Bonchev–Trinajstić information content (AvgIpc) is 3.36. The summed E-state index contributed by atoms with van der Waals surface area (Å²) < 4.78 is 6.95. The van der Waals surface area contributed by atoms with Crippen LogP contribution in [0.3, 0.4) is 0 Å². The first kappa shape index (κ1) is 28.0. The molecule has 3 aromatic carbocycles. The van der Waals surface area contributed by atoms with E-state index in [0.29, 0.717) is 12.3 Å². The van der Waals surface area contributed by atoms with Gasteiger partial charge < -0.3 is 35.3 Å². The highest BCUT2D eigenvalue weighted by Gasteiger charge is 2.17. The van der Waals surface area contributed by atoms with Crippen molar-refractivity contribution in [3.05, 3.63) is 108 Å². The second-order valence-electron chi connectivity index (χ2n) is 10.4. The van der Waals surface area contributed by atoms with E-state index in [1.165, 1.54) is 5.69 Å². The van der Waals surface area contributed by atoms with Crippen molar-refractivity contribution < 1.29 is 14.6 Å². The van der Waals surface area contributed by atoms with Crippen molar-refractivity contribution in [2.45, 2.75) is 25.6 Å². The molecule has 2 heterocycles. The van der Waals surface area contributed by atoms with E-state index in [1.807, 2.05) is 67.8 Å². The summed E-state index contributed by atoms with van der Waals surface area (Å²) in [7, 11) is 3.48. The molecule has 1 fully saturated rings. The molecule has 0 spiro atoms. The van der Waals surface area contributed by atoms with Crippen molar-refractivity contribution in [2.75, 3.05) is 41.0 Å². The number of aliphatic hydroxyl groups is 1. The zero-order chi connectivity index (χ0) is 28.8. The maximum Gasteiger partial charge on any atom is 0.272 e. The number of aromatic nitrogens is 1. The largest absolute Gasteiger partial charge is 0.393 e. The Morgan fingerprint density at radius 2 is 1.46 bits per heavy atom. The third-order valence-corrected chi connectivity index (χ3v) is 7.26. The van der Waals surface area contributed by atoms with Crippen LogP contribution in [0.1, 0.15) is 34.5 Å². The fourth-order valence-corrected chi connectivity index (χ4v) is 4.98. The molecule has 4 N–H and O–H groups in total. The van der Waals surface area contributed by atoms with E-state index in [2.05, 4.69) is 51.7 Å². The summed E-state index contributed by atoms with van der Waals surface area (Å²) in [6.45, 7) is 6.44. The van der Waals surface area contributed by atoms with E-state index in [-0.39, 0.29) is 12.0 Å². The number of carbonyl (C=O) groups is 1. The molecule has 0 bridgehead atoms. The van der Waals surface area contributed by atoms with Gasteiger partial charge in [0.1, 0.15) is 5.69 Å². The normalized spacial score (nSPS) is 13.6. The van der Waals surface area contributed by atoms with Crippen molar-refractivity contribution in [3.63, 3.8) is 0 Å². The number of anilines is 5. The minimum Gasteiger partial charge on any atom is -0.393 e. The van der Waals surface area contributed by atoms with Crippen molar-refractivity contribution in [1.29, 1.82) is 0 Å². The Morgan fingerprint density at radius 1 is 0.902 bits per heavy atom. The number of nitrogens with zero attached hydrogens (tertiary/aromatic N) is 2. The predicted octanol–water partition coefficient (Wildman–Crippen LogP) is 6.21. The number of methoxy groups -OCH3 is 1. The lowest BCUT2D eigenvalue weighted by Crippen LogP contribution is -2.35. The van der Waals surface area contributed by atoms with Gasteiger partial charge in [-0.25, -0.2) is 0 Å². The van der Waals surface area contributed by atoms with Crippen LogP contribution in [0.5, 0.6) is 0 Å². The lowest BCUT2D eigenvalue weighted by molar-refractivity contribution is 0.101. The Balaban J connectivity index is 1.12. The first-order chi connectivity index (χ1) is 19.9. The van der Waals surface area contributed by atoms with Gasteiger partial charge >= 0.3 is 0 Å². The van der Waals surface area contributed by atoms with Gasteiger partial charge in [0.2, 0.25) is 0 Å². The molecule has 0 atom stereocenters. The quantitative estimate of drug-likeness (QED) is 0.187. The average molecular weight is 552 g/mol. The van der Waals surface area contributed by atoms with Gasteiger partial charge in [0.05, 0.1) is 12.7 Å². The van der Waals surface area contributed by atoms with Gasteiger partial charge in [0.25, 0.3) is 5.91 Å². The summed E-state index contributed by atoms with van der Waals surface area (Å²) in [5.41, 5.74) is 8.09. The number of aryl methyl sites for hydroxylation is 1. The molecular formula is C33H37N5O3. The van der Waals surface area contributed by atoms with E-state index in [9.17, 15) is 9.90 Å². The molecule has 0 radical (unpaired) electrons. The number of hydrogen-bond donors (Lipinski definition) is 4. The van der Waals surface area contributed by atoms with Crippen LogP contribution in [0.15, 0.2) is 91.6 Å². The van der Waals surface area contributed by atoms with Crippen LogP contribution in [0.2, 0.25) is 0 Å². The molecule has 212 valence electrons. The molecule has 1 aromatic heterocycles. The van der Waals surface area contributed by atoms with Gasteiger partial charge in [0.15, 0.2) is 0 Å². The molecule has 1 amide bonds. The van der Waals surface area contributed by atoms with Gasteiger partial charge in [-0.1, -0.05) is 18.7 Å². The van der Waals surface area contributed by atoms with Gasteiger partial charge in [-0.15, -0.1) is 0 Å². The lowest BCUT2D eigenvalue weighted by Gasteiger charge is -2.31. The fourth-order valence-electron chi connectivity index (χ4n) is 4.98. The van der Waals surface area contributed by atoms with Gasteiger partial charge in [-0.3, -0.25) is 4.79 Å². The number of amides is 1. The predicted molar refractivity (Wildman–Crippen MR) is 167 cm³/mol. The molecule has 1 saturated heterocycles. The van der Waals surface area contributed by atoms with Gasteiger partial charge in [0, 0.05) is 67.6 Å². The Labute approximate surface area is 241 Å². The number of benzene rings is 3. The summed E-state index contributed by atoms with van der Waals surface area (Å²) in [5.74, 6) is -0.168. The highest BCUT2D eigenvalue weighted by Crippen LogP contribution is 2.25. The molecule has 5 rings (SSSR count). The minimum atomic E-state index is -0.174. The smallest absolute Gasteiger partial charge is 0.272 e. The molecule has 41 heavy (non-hydrogen) atoms. The highest BCUT2D eigenvalue weighted by atomic mass is 16.5. The topological polar surface area (TPSA) is 90.8 Å². The van der Waals surface area contributed by atoms with Crippen LogP contribution in [0.25, 0.3) is 5.70 Å². The summed E-state index contributed by atoms with van der Waals surface area (Å²) in [4.78, 5) is 15.0. The Kier molecular flexibility index (Phi) is 8.72. The Hall–Kier alpha value is -4.53. The number of hydrogen-bond acceptors (Lipinski definition) is 6. The molecule has 0 unspecified atom stereocenters. The molecule has 0 saturated carbocycles. The molecule has 1 aliphatic rings. The summed E-state index contributed by atoms with van der Waals surface area (Å²) in [6, 6.07) is 25.9. The SMILES string of the molecule is C=C(Nc1ccc(Nc2ccc(NC(=O)c3cc(COC)cn3C)cc2)cc1)c1ccc(N2CCC(O)CC2)cc1. The van der Waals surface area contributed by atoms with E-state index in [4.69, 9.17) is 4.74 Å². The van der Waals surface area contributed by atoms with E-state index >= 15 is 0 Å². The van der Waals surface area contributed by atoms with Crippen molar-refractivity contribution >= 4 is 40.0 Å². The molecular weight excluding hydrogens is 514 g/mol. The zero-order valence-electron chi connectivity index (χ0n) is 23.6. The number of ether oxygens (including phenoxy) is 1. The Bertz CT molecular complexity index is 1470. The number of rotatable bonds is 10. The van der Waals surface area contributed by atoms with Crippen LogP contribution in [0.4, 0.5) is 28.4 Å².